The second-order valence-electron chi connectivity index (χ2n) is 7.11. The van der Waals surface area contributed by atoms with Crippen molar-refractivity contribution in [2.24, 2.45) is 5.90 Å². The molecule has 1 unspecified atom stereocenters. The van der Waals surface area contributed by atoms with Crippen LogP contribution in [0, 0.1) is 0 Å². The molecular formula is C15H29N3O3. The highest BCUT2D eigenvalue weighted by Crippen LogP contribution is 2.26. The van der Waals surface area contributed by atoms with Crippen molar-refractivity contribution in [2.75, 3.05) is 26.2 Å². The molecule has 0 saturated carbocycles. The van der Waals surface area contributed by atoms with Crippen molar-refractivity contribution in [1.82, 2.24) is 9.80 Å². The molecule has 0 spiro atoms. The van der Waals surface area contributed by atoms with Crippen molar-refractivity contribution in [3.05, 3.63) is 0 Å². The molecule has 2 saturated heterocycles. The first kappa shape index (κ1) is 16.5. The van der Waals surface area contributed by atoms with Gasteiger partial charge in [-0.2, -0.15) is 0 Å². The van der Waals surface area contributed by atoms with Crippen LogP contribution in [-0.4, -0.2) is 59.8 Å². The molecule has 2 N–H and O–H groups in total. The number of nitrogens with two attached hydrogens (primary N) is 1. The van der Waals surface area contributed by atoms with Crippen LogP contribution in [0.1, 0.15) is 46.5 Å². The van der Waals surface area contributed by atoms with E-state index in [0.29, 0.717) is 19.2 Å². The second-order valence-corrected chi connectivity index (χ2v) is 7.11. The Morgan fingerprint density at radius 2 is 1.90 bits per heavy atom. The molecule has 2 rings (SSSR count). The van der Waals surface area contributed by atoms with E-state index in [2.05, 4.69) is 4.90 Å². The molecule has 21 heavy (non-hydrogen) atoms. The van der Waals surface area contributed by atoms with Gasteiger partial charge in [0, 0.05) is 12.6 Å². The molecule has 1 amide bonds. The standard InChI is InChI=1S/C15H29N3O3/c1-15(2,3)21-14(19)18-10-12(9-13(18)11-20-16)17-7-5-4-6-8-17/h12-13H,4-11,16H2,1-3H3/t12-,13?/m1/s1. The molecule has 122 valence electrons. The fourth-order valence-electron chi connectivity index (χ4n) is 3.25. The summed E-state index contributed by atoms with van der Waals surface area (Å²) in [6.07, 6.45) is 4.47. The van der Waals surface area contributed by atoms with E-state index in [9.17, 15) is 4.79 Å². The van der Waals surface area contributed by atoms with Crippen molar-refractivity contribution in [3.8, 4) is 0 Å². The van der Waals surface area contributed by atoms with Crippen molar-refractivity contribution in [3.63, 3.8) is 0 Å². The van der Waals surface area contributed by atoms with Gasteiger partial charge in [-0.15, -0.1) is 0 Å². The highest BCUT2D eigenvalue weighted by atomic mass is 16.6. The van der Waals surface area contributed by atoms with Crippen molar-refractivity contribution in [2.45, 2.75) is 64.1 Å². The average molecular weight is 299 g/mol. The molecule has 0 bridgehead atoms. The van der Waals surface area contributed by atoms with Gasteiger partial charge >= 0.3 is 6.09 Å². The lowest BCUT2D eigenvalue weighted by molar-refractivity contribution is 0.0100. The van der Waals surface area contributed by atoms with E-state index >= 15 is 0 Å². The van der Waals surface area contributed by atoms with Crippen LogP contribution in [0.3, 0.4) is 0 Å². The third-order valence-corrected chi connectivity index (χ3v) is 4.22. The molecule has 0 aliphatic carbocycles. The molecule has 2 fully saturated rings. The predicted octanol–water partition coefficient (Wildman–Crippen LogP) is 1.74. The number of carbonyl (C=O) groups is 1. The van der Waals surface area contributed by atoms with Crippen molar-refractivity contribution < 1.29 is 14.4 Å². The largest absolute Gasteiger partial charge is 0.444 e. The van der Waals surface area contributed by atoms with Gasteiger partial charge < -0.3 is 14.5 Å². The average Bonchev–Trinajstić information content (AvgIpc) is 2.82. The summed E-state index contributed by atoms with van der Waals surface area (Å²) in [5.41, 5.74) is -0.478. The Morgan fingerprint density at radius 1 is 1.24 bits per heavy atom. The second kappa shape index (κ2) is 6.94. The van der Waals surface area contributed by atoms with Crippen LogP contribution in [0.2, 0.25) is 0 Å². The Kier molecular flexibility index (Phi) is 5.46. The van der Waals surface area contributed by atoms with E-state index in [1.165, 1.54) is 19.3 Å². The zero-order valence-corrected chi connectivity index (χ0v) is 13.5. The minimum absolute atomic E-state index is 0.0109. The monoisotopic (exact) mass is 299 g/mol. The number of rotatable bonds is 3. The molecule has 2 atom stereocenters. The van der Waals surface area contributed by atoms with E-state index in [0.717, 1.165) is 19.5 Å². The summed E-state index contributed by atoms with van der Waals surface area (Å²) in [6.45, 7) is 8.99. The highest BCUT2D eigenvalue weighted by molar-refractivity contribution is 5.69. The Balaban J connectivity index is 1.99. The minimum Gasteiger partial charge on any atom is -0.444 e. The van der Waals surface area contributed by atoms with Crippen LogP contribution in [0.4, 0.5) is 4.79 Å². The third-order valence-electron chi connectivity index (χ3n) is 4.22. The minimum atomic E-state index is -0.478. The fraction of sp³-hybridized carbons (Fsp3) is 0.933. The summed E-state index contributed by atoms with van der Waals surface area (Å²) >= 11 is 0. The van der Waals surface area contributed by atoms with E-state index in [1.54, 1.807) is 4.90 Å². The van der Waals surface area contributed by atoms with Gasteiger partial charge in [-0.3, -0.25) is 4.90 Å². The lowest BCUT2D eigenvalue weighted by Crippen LogP contribution is -2.44. The third kappa shape index (κ3) is 4.56. The quantitative estimate of drug-likeness (QED) is 0.804. The topological polar surface area (TPSA) is 68.0 Å². The van der Waals surface area contributed by atoms with Gasteiger partial charge in [-0.25, -0.2) is 10.7 Å². The highest BCUT2D eigenvalue weighted by Gasteiger charge is 2.40. The Bertz CT molecular complexity index is 351. The molecule has 0 aromatic carbocycles. The van der Waals surface area contributed by atoms with Crippen LogP contribution in [-0.2, 0) is 9.57 Å². The van der Waals surface area contributed by atoms with Gasteiger partial charge in [-0.1, -0.05) is 6.42 Å². The summed E-state index contributed by atoms with van der Waals surface area (Å²) in [5, 5.41) is 0. The first-order valence-corrected chi connectivity index (χ1v) is 7.96. The fourth-order valence-corrected chi connectivity index (χ4v) is 3.25. The number of piperidine rings is 1. The van der Waals surface area contributed by atoms with Gasteiger partial charge in [0.1, 0.15) is 5.60 Å². The van der Waals surface area contributed by atoms with Gasteiger partial charge in [0.25, 0.3) is 0 Å². The normalized spacial score (nSPS) is 27.9. The van der Waals surface area contributed by atoms with E-state index in [-0.39, 0.29) is 12.1 Å². The first-order valence-electron chi connectivity index (χ1n) is 7.96. The molecule has 2 aliphatic heterocycles. The van der Waals surface area contributed by atoms with Gasteiger partial charge in [0.2, 0.25) is 0 Å². The summed E-state index contributed by atoms with van der Waals surface area (Å²) in [7, 11) is 0. The SMILES string of the molecule is CC(C)(C)OC(=O)N1C[C@H](N2CCCCC2)CC1CON. The van der Waals surface area contributed by atoms with Crippen molar-refractivity contribution >= 4 is 6.09 Å². The van der Waals surface area contributed by atoms with Crippen LogP contribution in [0.5, 0.6) is 0 Å². The molecular weight excluding hydrogens is 270 g/mol. The van der Waals surface area contributed by atoms with Gasteiger partial charge in [-0.05, 0) is 53.1 Å². The summed E-state index contributed by atoms with van der Waals surface area (Å²) in [5.74, 6) is 5.23. The number of amides is 1. The summed E-state index contributed by atoms with van der Waals surface area (Å²) in [6, 6.07) is 0.412. The van der Waals surface area contributed by atoms with E-state index < -0.39 is 5.60 Å². The van der Waals surface area contributed by atoms with Crippen LogP contribution in [0.25, 0.3) is 0 Å². The van der Waals surface area contributed by atoms with Crippen LogP contribution < -0.4 is 5.90 Å². The number of nitrogens with zero attached hydrogens (tertiary/aromatic N) is 2. The zero-order valence-electron chi connectivity index (χ0n) is 13.5. The lowest BCUT2D eigenvalue weighted by Gasteiger charge is -2.32. The summed E-state index contributed by atoms with van der Waals surface area (Å²) in [4.78, 5) is 21.5. The molecule has 0 radical (unpaired) electrons. The van der Waals surface area contributed by atoms with E-state index in [4.69, 9.17) is 15.5 Å². The lowest BCUT2D eigenvalue weighted by atomic mass is 10.1. The Labute approximate surface area is 127 Å². The number of ether oxygens (including phenoxy) is 1. The number of hydrogen-bond donors (Lipinski definition) is 1. The molecule has 6 heteroatoms. The predicted molar refractivity (Wildman–Crippen MR) is 80.7 cm³/mol. The maximum absolute atomic E-state index is 12.4. The molecule has 0 aromatic heterocycles. The Hall–Kier alpha value is -0.850. The van der Waals surface area contributed by atoms with Gasteiger partial charge in [0.15, 0.2) is 0 Å². The Morgan fingerprint density at radius 3 is 2.48 bits per heavy atom. The number of hydrogen-bond acceptors (Lipinski definition) is 5. The molecule has 2 aliphatic rings. The zero-order chi connectivity index (χ0) is 15.5. The molecule has 2 heterocycles. The molecule has 0 aromatic rings. The maximum atomic E-state index is 12.4. The molecule has 6 nitrogen and oxygen atoms in total. The first-order chi connectivity index (χ1) is 9.90. The van der Waals surface area contributed by atoms with E-state index in [1.807, 2.05) is 20.8 Å². The number of likely N-dealkylation sites (tertiary alicyclic amines) is 2. The number of carbonyl (C=O) groups excluding carboxylic acids is 1. The smallest absolute Gasteiger partial charge is 0.410 e. The van der Waals surface area contributed by atoms with Gasteiger partial charge in [0.05, 0.1) is 12.6 Å². The van der Waals surface area contributed by atoms with Crippen LogP contribution in [0.15, 0.2) is 0 Å². The summed E-state index contributed by atoms with van der Waals surface area (Å²) < 4.78 is 5.51. The van der Waals surface area contributed by atoms with Crippen molar-refractivity contribution in [1.29, 1.82) is 0 Å². The van der Waals surface area contributed by atoms with Crippen LogP contribution >= 0.6 is 0 Å². The maximum Gasteiger partial charge on any atom is 0.410 e.